The molecule has 1 heterocycles. The summed E-state index contributed by atoms with van der Waals surface area (Å²) in [4.78, 5) is 17.6. The van der Waals surface area contributed by atoms with Crippen LogP contribution in [0, 0.1) is 0 Å². The number of carbonyl (C=O) groups excluding carboxylic acids is 1. The van der Waals surface area contributed by atoms with Crippen molar-refractivity contribution in [1.82, 2.24) is 9.88 Å². The minimum absolute atomic E-state index is 0.0466. The molecule has 1 amide bonds. The van der Waals surface area contributed by atoms with E-state index in [1.54, 1.807) is 17.0 Å². The van der Waals surface area contributed by atoms with Crippen LogP contribution in [0.1, 0.15) is 24.2 Å². The summed E-state index contributed by atoms with van der Waals surface area (Å²) in [6.45, 7) is 8.85. The first-order valence-corrected chi connectivity index (χ1v) is 5.47. The summed E-state index contributed by atoms with van der Waals surface area (Å²) in [5, 5.41) is 0.388. The molecule has 0 unspecified atom stereocenters. The lowest BCUT2D eigenvalue weighted by Gasteiger charge is -2.20. The van der Waals surface area contributed by atoms with Gasteiger partial charge in [-0.1, -0.05) is 23.8 Å². The lowest BCUT2D eigenvalue weighted by atomic mass is 10.2. The van der Waals surface area contributed by atoms with Crippen LogP contribution in [0.15, 0.2) is 30.5 Å². The number of hydrogen-bond donors (Lipinski definition) is 0. The van der Waals surface area contributed by atoms with E-state index >= 15 is 0 Å². The van der Waals surface area contributed by atoms with Gasteiger partial charge in [-0.3, -0.25) is 4.79 Å². The first-order chi connectivity index (χ1) is 7.54. The molecule has 0 aromatic carbocycles. The van der Waals surface area contributed by atoms with Crippen LogP contribution in [0.25, 0.3) is 0 Å². The fourth-order valence-electron chi connectivity index (χ4n) is 1.34. The predicted molar refractivity (Wildman–Crippen MR) is 65.6 cm³/mol. The van der Waals surface area contributed by atoms with E-state index < -0.39 is 0 Å². The van der Waals surface area contributed by atoms with E-state index in [0.717, 1.165) is 5.57 Å². The van der Waals surface area contributed by atoms with Gasteiger partial charge in [-0.05, 0) is 26.0 Å². The van der Waals surface area contributed by atoms with Crippen LogP contribution in [0.4, 0.5) is 0 Å². The molecule has 86 valence electrons. The van der Waals surface area contributed by atoms with Crippen molar-refractivity contribution in [3.63, 3.8) is 0 Å². The highest BCUT2D eigenvalue weighted by Gasteiger charge is 2.13. The minimum atomic E-state index is -0.0466. The number of nitrogens with zero attached hydrogens (tertiary/aromatic N) is 2. The van der Waals surface area contributed by atoms with Crippen molar-refractivity contribution in [2.24, 2.45) is 0 Å². The first kappa shape index (κ1) is 12.7. The van der Waals surface area contributed by atoms with E-state index in [1.165, 1.54) is 6.20 Å². The second-order valence-electron chi connectivity index (χ2n) is 3.65. The summed E-state index contributed by atoms with van der Waals surface area (Å²) < 4.78 is 0. The highest BCUT2D eigenvalue weighted by Crippen LogP contribution is 2.09. The highest BCUT2D eigenvalue weighted by atomic mass is 35.5. The third-order valence-corrected chi connectivity index (χ3v) is 2.33. The monoisotopic (exact) mass is 238 g/mol. The zero-order chi connectivity index (χ0) is 12.1. The second-order valence-corrected chi connectivity index (χ2v) is 4.03. The maximum absolute atomic E-state index is 12.0. The van der Waals surface area contributed by atoms with E-state index in [-0.39, 0.29) is 5.91 Å². The van der Waals surface area contributed by atoms with Gasteiger partial charge in [-0.2, -0.15) is 0 Å². The van der Waals surface area contributed by atoms with Crippen LogP contribution in [0.3, 0.4) is 0 Å². The van der Waals surface area contributed by atoms with E-state index in [1.807, 2.05) is 13.8 Å². The molecule has 1 aromatic rings. The SMILES string of the molecule is C=C(C)CN(CC)C(=O)c1ccc(Cl)nc1. The van der Waals surface area contributed by atoms with Crippen molar-refractivity contribution in [2.75, 3.05) is 13.1 Å². The average Bonchev–Trinajstić information content (AvgIpc) is 2.25. The molecule has 1 aromatic heterocycles. The molecule has 0 aliphatic rings. The lowest BCUT2D eigenvalue weighted by Crippen LogP contribution is -2.32. The van der Waals surface area contributed by atoms with Crippen molar-refractivity contribution in [2.45, 2.75) is 13.8 Å². The molecule has 0 fully saturated rings. The van der Waals surface area contributed by atoms with Crippen molar-refractivity contribution in [3.8, 4) is 0 Å². The molecule has 3 nitrogen and oxygen atoms in total. The van der Waals surface area contributed by atoms with Gasteiger partial charge >= 0.3 is 0 Å². The Balaban J connectivity index is 2.82. The summed E-state index contributed by atoms with van der Waals surface area (Å²) in [5.41, 5.74) is 1.50. The van der Waals surface area contributed by atoms with E-state index in [0.29, 0.717) is 23.8 Å². The molecule has 0 spiro atoms. The normalized spacial score (nSPS) is 9.94. The van der Waals surface area contributed by atoms with Crippen molar-refractivity contribution in [3.05, 3.63) is 41.2 Å². The number of pyridine rings is 1. The Labute approximate surface area is 101 Å². The van der Waals surface area contributed by atoms with Gasteiger partial charge in [0.05, 0.1) is 5.56 Å². The molecule has 0 aliphatic carbocycles. The van der Waals surface area contributed by atoms with E-state index in [2.05, 4.69) is 11.6 Å². The molecule has 0 bridgehead atoms. The molecule has 0 N–H and O–H groups in total. The second kappa shape index (κ2) is 5.66. The molecular formula is C12H15ClN2O. The highest BCUT2D eigenvalue weighted by molar-refractivity contribution is 6.29. The Bertz CT molecular complexity index is 387. The van der Waals surface area contributed by atoms with E-state index in [9.17, 15) is 4.79 Å². The van der Waals surface area contributed by atoms with Crippen LogP contribution in [-0.4, -0.2) is 28.9 Å². The van der Waals surface area contributed by atoms with Crippen LogP contribution in [0.2, 0.25) is 5.15 Å². The maximum Gasteiger partial charge on any atom is 0.255 e. The number of rotatable bonds is 4. The fraction of sp³-hybridized carbons (Fsp3) is 0.333. The third kappa shape index (κ3) is 3.35. The van der Waals surface area contributed by atoms with Crippen LogP contribution in [-0.2, 0) is 0 Å². The fourth-order valence-corrected chi connectivity index (χ4v) is 1.45. The topological polar surface area (TPSA) is 33.2 Å². The number of hydrogen-bond acceptors (Lipinski definition) is 2. The standard InChI is InChI=1S/C12H15ClN2O/c1-4-15(8-9(2)3)12(16)10-5-6-11(13)14-7-10/h5-7H,2,4,8H2,1,3H3. The molecular weight excluding hydrogens is 224 g/mol. The molecule has 0 atom stereocenters. The molecule has 16 heavy (non-hydrogen) atoms. The number of likely N-dealkylation sites (N-methyl/N-ethyl adjacent to an activating group) is 1. The zero-order valence-corrected chi connectivity index (χ0v) is 10.3. The van der Waals surface area contributed by atoms with Crippen molar-refractivity contribution in [1.29, 1.82) is 0 Å². The average molecular weight is 239 g/mol. The van der Waals surface area contributed by atoms with Gasteiger partial charge in [0.1, 0.15) is 5.15 Å². The van der Waals surface area contributed by atoms with Crippen LogP contribution < -0.4 is 0 Å². The van der Waals surface area contributed by atoms with Gasteiger partial charge < -0.3 is 4.90 Å². The zero-order valence-electron chi connectivity index (χ0n) is 9.53. The number of amides is 1. The minimum Gasteiger partial charge on any atom is -0.335 e. The lowest BCUT2D eigenvalue weighted by molar-refractivity contribution is 0.0778. The largest absolute Gasteiger partial charge is 0.335 e. The number of halogens is 1. The quantitative estimate of drug-likeness (QED) is 0.597. The Hall–Kier alpha value is -1.35. The van der Waals surface area contributed by atoms with Crippen LogP contribution in [0.5, 0.6) is 0 Å². The first-order valence-electron chi connectivity index (χ1n) is 5.09. The summed E-state index contributed by atoms with van der Waals surface area (Å²) in [6, 6.07) is 3.29. The smallest absolute Gasteiger partial charge is 0.255 e. The molecule has 0 aliphatic heterocycles. The summed E-state index contributed by atoms with van der Waals surface area (Å²) >= 11 is 5.66. The van der Waals surface area contributed by atoms with Gasteiger partial charge in [-0.25, -0.2) is 4.98 Å². The van der Waals surface area contributed by atoms with E-state index in [4.69, 9.17) is 11.6 Å². The van der Waals surface area contributed by atoms with Crippen molar-refractivity contribution < 1.29 is 4.79 Å². The molecule has 0 saturated carbocycles. The summed E-state index contributed by atoms with van der Waals surface area (Å²) in [5.74, 6) is -0.0466. The molecule has 0 saturated heterocycles. The Morgan fingerprint density at radius 1 is 1.56 bits per heavy atom. The Morgan fingerprint density at radius 2 is 2.25 bits per heavy atom. The van der Waals surface area contributed by atoms with Gasteiger partial charge in [0.15, 0.2) is 0 Å². The molecule has 1 rings (SSSR count). The van der Waals surface area contributed by atoms with Gasteiger partial charge in [0.2, 0.25) is 0 Å². The van der Waals surface area contributed by atoms with Crippen molar-refractivity contribution >= 4 is 17.5 Å². The number of aromatic nitrogens is 1. The predicted octanol–water partition coefficient (Wildman–Crippen LogP) is 2.77. The molecule has 4 heteroatoms. The summed E-state index contributed by atoms with van der Waals surface area (Å²) in [6.07, 6.45) is 1.49. The molecule has 0 radical (unpaired) electrons. The van der Waals surface area contributed by atoms with Gasteiger partial charge in [0, 0.05) is 19.3 Å². The van der Waals surface area contributed by atoms with Crippen LogP contribution >= 0.6 is 11.6 Å². The summed E-state index contributed by atoms with van der Waals surface area (Å²) in [7, 11) is 0. The third-order valence-electron chi connectivity index (χ3n) is 2.10. The number of carbonyl (C=O) groups is 1. The van der Waals surface area contributed by atoms with Gasteiger partial charge in [0.25, 0.3) is 5.91 Å². The maximum atomic E-state index is 12.0. The Morgan fingerprint density at radius 3 is 2.69 bits per heavy atom. The Kier molecular flexibility index (Phi) is 4.50. The van der Waals surface area contributed by atoms with Gasteiger partial charge in [-0.15, -0.1) is 0 Å².